The lowest BCUT2D eigenvalue weighted by molar-refractivity contribution is -0.870. The van der Waals surface area contributed by atoms with Crippen LogP contribution in [-0.2, 0) is 33.3 Å². The number of esters is 2. The molecule has 0 heterocycles. The van der Waals surface area contributed by atoms with E-state index in [0.717, 1.165) is 77.0 Å². The Morgan fingerprint density at radius 2 is 0.613 bits per heavy atom. The monoisotopic (exact) mass is 1300 g/mol. The molecule has 2 unspecified atom stereocenters. The van der Waals surface area contributed by atoms with Crippen molar-refractivity contribution in [2.45, 2.75) is 386 Å². The molecule has 1 N–H and O–H groups in total. The largest absolute Gasteiger partial charge is 0.477 e. The number of allylic oxidation sites excluding steroid dienone is 14. The minimum absolute atomic E-state index is 0.179. The molecule has 0 aliphatic heterocycles. The van der Waals surface area contributed by atoms with E-state index in [0.29, 0.717) is 17.4 Å². The first-order chi connectivity index (χ1) is 45.6. The Hall–Kier alpha value is -3.53. The molecule has 2 atom stereocenters. The molecule has 0 rings (SSSR count). The smallest absolute Gasteiger partial charge is 0.361 e. The average Bonchev–Trinajstić information content (AvgIpc) is 3.73. The van der Waals surface area contributed by atoms with Crippen LogP contribution in [-0.4, -0.2) is 87.4 Å². The molecular formula is C84H152NO8+. The Kier molecular flexibility index (Phi) is 71.4. The third-order valence-corrected chi connectivity index (χ3v) is 17.6. The van der Waals surface area contributed by atoms with Crippen LogP contribution in [0.2, 0.25) is 0 Å². The molecule has 9 nitrogen and oxygen atoms in total. The van der Waals surface area contributed by atoms with Crippen molar-refractivity contribution < 1.29 is 42.9 Å². The first-order valence-electron chi connectivity index (χ1n) is 39.8. The molecule has 540 valence electrons. The van der Waals surface area contributed by atoms with Gasteiger partial charge in [-0.1, -0.05) is 356 Å². The summed E-state index contributed by atoms with van der Waals surface area (Å²) < 4.78 is 23.1. The Balaban J connectivity index is 3.99. The van der Waals surface area contributed by atoms with Gasteiger partial charge in [0.05, 0.1) is 34.4 Å². The van der Waals surface area contributed by atoms with Gasteiger partial charge < -0.3 is 28.5 Å². The van der Waals surface area contributed by atoms with Crippen LogP contribution in [0.5, 0.6) is 0 Å². The number of carbonyl (C=O) groups is 3. The number of hydrogen-bond acceptors (Lipinski definition) is 7. The predicted octanol–water partition coefficient (Wildman–Crippen LogP) is 25.4. The number of hydrogen-bond donors (Lipinski definition) is 1. The van der Waals surface area contributed by atoms with Gasteiger partial charge in [0.2, 0.25) is 0 Å². The second kappa shape index (κ2) is 74.3. The van der Waals surface area contributed by atoms with E-state index in [1.54, 1.807) is 0 Å². The third-order valence-electron chi connectivity index (χ3n) is 17.6. The maximum absolute atomic E-state index is 13.0. The summed E-state index contributed by atoms with van der Waals surface area (Å²) in [6.07, 6.45) is 98.8. The van der Waals surface area contributed by atoms with E-state index >= 15 is 0 Å². The van der Waals surface area contributed by atoms with E-state index in [1.165, 1.54) is 270 Å². The molecule has 9 heteroatoms. The zero-order valence-electron chi connectivity index (χ0n) is 61.9. The van der Waals surface area contributed by atoms with Crippen molar-refractivity contribution in [2.75, 3.05) is 47.5 Å². The minimum Gasteiger partial charge on any atom is -0.477 e. The van der Waals surface area contributed by atoms with E-state index in [4.69, 9.17) is 18.9 Å². The van der Waals surface area contributed by atoms with Gasteiger partial charge in [0.25, 0.3) is 6.29 Å². The fourth-order valence-electron chi connectivity index (χ4n) is 11.6. The van der Waals surface area contributed by atoms with Crippen LogP contribution in [0.15, 0.2) is 85.1 Å². The Morgan fingerprint density at radius 1 is 0.333 bits per heavy atom. The van der Waals surface area contributed by atoms with Gasteiger partial charge >= 0.3 is 17.9 Å². The first-order valence-corrected chi connectivity index (χ1v) is 39.8. The van der Waals surface area contributed by atoms with E-state index < -0.39 is 18.4 Å². The summed E-state index contributed by atoms with van der Waals surface area (Å²) >= 11 is 0. The number of carboxylic acids is 1. The zero-order valence-corrected chi connectivity index (χ0v) is 61.9. The summed E-state index contributed by atoms with van der Waals surface area (Å²) in [5.74, 6) is -1.98. The molecule has 0 saturated heterocycles. The summed E-state index contributed by atoms with van der Waals surface area (Å²) in [7, 11) is 5.99. The lowest BCUT2D eigenvalue weighted by atomic mass is 10.0. The van der Waals surface area contributed by atoms with Crippen LogP contribution >= 0.6 is 0 Å². The number of carbonyl (C=O) groups excluding carboxylic acids is 2. The van der Waals surface area contributed by atoms with Crippen molar-refractivity contribution in [2.24, 2.45) is 0 Å². The zero-order chi connectivity index (χ0) is 67.5. The second-order valence-corrected chi connectivity index (χ2v) is 28.0. The standard InChI is InChI=1S/C84H151NO8/c1-6-8-10-12-14-16-18-20-22-24-26-28-30-32-34-36-38-39-40-41-42-43-45-47-49-51-53-55-57-59-61-63-65-67-69-71-73-75-82(87)93-80(79-92-84(83(88)89)90-77-76-85(3,4)5)78-91-81(86)74-72-70-68-66-64-62-60-58-56-54-52-50-48-46-44-37-35-33-31-29-27-25-23-21-19-17-15-13-11-9-7-2/h8,10,14,16,19-22,25-28,32,34,80,84H,6-7,9,11-13,15,17-18,23-24,29-31,33,35-79H2,1-5H3/p+1/b10-8-,16-14-,21-19-,22-20-,27-25-,28-26-,34-32-. The predicted molar refractivity (Wildman–Crippen MR) is 401 cm³/mol. The lowest BCUT2D eigenvalue weighted by Crippen LogP contribution is -2.40. The lowest BCUT2D eigenvalue weighted by Gasteiger charge is -2.25. The average molecular weight is 1300 g/mol. The van der Waals surface area contributed by atoms with Crippen LogP contribution in [0.1, 0.15) is 373 Å². The molecule has 0 spiro atoms. The van der Waals surface area contributed by atoms with Gasteiger partial charge in [0.1, 0.15) is 13.2 Å². The number of aliphatic carboxylic acids is 1. The number of unbranched alkanes of at least 4 members (excludes halogenated alkanes) is 45. The van der Waals surface area contributed by atoms with Crippen molar-refractivity contribution in [1.82, 2.24) is 0 Å². The highest BCUT2D eigenvalue weighted by molar-refractivity contribution is 5.71. The van der Waals surface area contributed by atoms with Crippen LogP contribution < -0.4 is 0 Å². The van der Waals surface area contributed by atoms with Gasteiger partial charge in [-0.2, -0.15) is 0 Å². The van der Waals surface area contributed by atoms with Crippen LogP contribution in [0.4, 0.5) is 0 Å². The quantitative estimate of drug-likeness (QED) is 0.0211. The van der Waals surface area contributed by atoms with Crippen LogP contribution in [0.3, 0.4) is 0 Å². The minimum atomic E-state index is -1.51. The molecule has 0 aliphatic carbocycles. The normalized spacial score (nSPS) is 13.1. The summed E-state index contributed by atoms with van der Waals surface area (Å²) in [5.41, 5.74) is 0. The maximum Gasteiger partial charge on any atom is 0.361 e. The maximum atomic E-state index is 13.0. The number of ether oxygens (including phenoxy) is 4. The molecule has 0 radical (unpaired) electrons. The second-order valence-electron chi connectivity index (χ2n) is 28.0. The van der Waals surface area contributed by atoms with E-state index in [2.05, 4.69) is 98.9 Å². The van der Waals surface area contributed by atoms with Crippen molar-refractivity contribution in [3.63, 3.8) is 0 Å². The molecule has 0 aromatic carbocycles. The topological polar surface area (TPSA) is 108 Å². The van der Waals surface area contributed by atoms with Crippen molar-refractivity contribution in [3.05, 3.63) is 85.1 Å². The van der Waals surface area contributed by atoms with E-state index in [-0.39, 0.29) is 38.2 Å². The van der Waals surface area contributed by atoms with Crippen molar-refractivity contribution in [1.29, 1.82) is 0 Å². The molecule has 0 fully saturated rings. The fourth-order valence-corrected chi connectivity index (χ4v) is 11.6. The van der Waals surface area contributed by atoms with Gasteiger partial charge in [-0.05, 0) is 89.9 Å². The number of nitrogens with zero attached hydrogens (tertiary/aromatic N) is 1. The number of likely N-dealkylation sites (N-methyl/N-ethyl adjacent to an activating group) is 1. The van der Waals surface area contributed by atoms with Gasteiger partial charge in [-0.25, -0.2) is 4.79 Å². The first kappa shape index (κ1) is 89.5. The van der Waals surface area contributed by atoms with Crippen molar-refractivity contribution in [3.8, 4) is 0 Å². The van der Waals surface area contributed by atoms with E-state index in [1.807, 2.05) is 21.1 Å². The van der Waals surface area contributed by atoms with Gasteiger partial charge in [0.15, 0.2) is 6.10 Å². The highest BCUT2D eigenvalue weighted by Gasteiger charge is 2.25. The molecule has 0 saturated carbocycles. The van der Waals surface area contributed by atoms with E-state index in [9.17, 15) is 19.5 Å². The molecular weight excluding hydrogens is 1150 g/mol. The van der Waals surface area contributed by atoms with Gasteiger partial charge in [0, 0.05) is 12.8 Å². The number of rotatable bonds is 74. The Labute approximate surface area is 576 Å². The molecule has 93 heavy (non-hydrogen) atoms. The Bertz CT molecular complexity index is 1810. The summed E-state index contributed by atoms with van der Waals surface area (Å²) in [5, 5.41) is 9.77. The number of carboxylic acid groups (broad SMARTS) is 1. The number of quaternary nitrogens is 1. The molecule has 0 aromatic rings. The van der Waals surface area contributed by atoms with Crippen LogP contribution in [0, 0.1) is 0 Å². The highest BCUT2D eigenvalue weighted by atomic mass is 16.7. The molecule has 0 bridgehead atoms. The summed E-state index contributed by atoms with van der Waals surface area (Å²) in [4.78, 5) is 37.7. The third kappa shape index (κ3) is 75.7. The highest BCUT2D eigenvalue weighted by Crippen LogP contribution is 2.19. The molecule has 0 aliphatic rings. The van der Waals surface area contributed by atoms with Gasteiger partial charge in [-0.15, -0.1) is 0 Å². The summed E-state index contributed by atoms with van der Waals surface area (Å²) in [6, 6.07) is 0. The fraction of sp³-hybridized carbons (Fsp3) is 0.798. The Morgan fingerprint density at radius 3 is 0.914 bits per heavy atom. The van der Waals surface area contributed by atoms with Crippen LogP contribution in [0.25, 0.3) is 0 Å². The SMILES string of the molecule is CC/C=C\C/C=C\C/C=C\C/C=C\C/C=C\CCCCCCCCCCCCCCCCCCCCCCCC(=O)OC(COC(=O)CCCCCCCCCCCCCCCCCCCCC/C=C\C/C=C\CCCCCCC)COC(OCC[N+](C)(C)C)C(=O)O. The summed E-state index contributed by atoms with van der Waals surface area (Å²) in [6.45, 7) is 4.81. The molecule has 0 amide bonds. The van der Waals surface area contributed by atoms with Gasteiger partial charge in [-0.3, -0.25) is 9.59 Å². The van der Waals surface area contributed by atoms with Crippen molar-refractivity contribution >= 4 is 17.9 Å². The molecule has 0 aromatic heterocycles.